The molecule has 1 N–H and O–H groups in total. The van der Waals surface area contributed by atoms with Gasteiger partial charge in [0.25, 0.3) is 0 Å². The van der Waals surface area contributed by atoms with Crippen LogP contribution in [-0.2, 0) is 4.74 Å². The van der Waals surface area contributed by atoms with Crippen molar-refractivity contribution in [1.82, 2.24) is 0 Å². The number of hydrogen-bond donors (Lipinski definition) is 1. The largest absolute Gasteiger partial charge is 0.456 e. The summed E-state index contributed by atoms with van der Waals surface area (Å²) in [7, 11) is 2.11. The van der Waals surface area contributed by atoms with Crippen LogP contribution in [0.3, 0.4) is 0 Å². The van der Waals surface area contributed by atoms with Gasteiger partial charge in [-0.05, 0) is 39.8 Å². The first-order chi connectivity index (χ1) is 8.30. The molecule has 0 amide bonds. The summed E-state index contributed by atoms with van der Waals surface area (Å²) in [5.41, 5.74) is 1.94. The fourth-order valence-corrected chi connectivity index (χ4v) is 1.44. The highest BCUT2D eigenvalue weighted by Crippen LogP contribution is 2.04. The van der Waals surface area contributed by atoms with Gasteiger partial charge in [-0.1, -0.05) is 17.7 Å². The number of rotatable bonds is 4. The Morgan fingerprint density at radius 2 is 1.78 bits per heavy atom. The molecule has 1 aromatic rings. The second kappa shape index (κ2) is 6.01. The smallest absolute Gasteiger partial charge is 0.338 e. The first-order valence-corrected chi connectivity index (χ1v) is 6.37. The zero-order valence-corrected chi connectivity index (χ0v) is 12.0. The van der Waals surface area contributed by atoms with E-state index in [4.69, 9.17) is 4.74 Å². The summed E-state index contributed by atoms with van der Waals surface area (Å²) in [5, 5.41) is 0. The third-order valence-corrected chi connectivity index (χ3v) is 3.28. The van der Waals surface area contributed by atoms with Crippen LogP contribution in [0.5, 0.6) is 0 Å². The molecule has 3 nitrogen and oxygen atoms in total. The number of carbonyl (C=O) groups excluding carboxylic acids is 1. The maximum Gasteiger partial charge on any atom is 0.338 e. The molecular weight excluding hydrogens is 226 g/mol. The summed E-state index contributed by atoms with van der Waals surface area (Å²) in [5.74, 6) is -0.239. The molecule has 1 rings (SSSR count). The van der Waals surface area contributed by atoms with E-state index in [0.29, 0.717) is 12.2 Å². The second-order valence-electron chi connectivity index (χ2n) is 5.78. The predicted molar refractivity (Wildman–Crippen MR) is 73.0 cm³/mol. The molecule has 0 aromatic heterocycles. The van der Waals surface area contributed by atoms with E-state index in [1.807, 2.05) is 19.1 Å². The summed E-state index contributed by atoms with van der Waals surface area (Å²) < 4.78 is 5.27. The minimum atomic E-state index is -0.239. The lowest BCUT2D eigenvalue weighted by Crippen LogP contribution is -3.16. The van der Waals surface area contributed by atoms with Gasteiger partial charge in [0.05, 0.1) is 18.2 Å². The minimum Gasteiger partial charge on any atom is -0.456 e. The average molecular weight is 250 g/mol. The van der Waals surface area contributed by atoms with Crippen molar-refractivity contribution in [3.63, 3.8) is 0 Å². The van der Waals surface area contributed by atoms with Crippen LogP contribution in [0, 0.1) is 6.92 Å². The molecule has 0 aliphatic heterocycles. The second-order valence-corrected chi connectivity index (χ2v) is 5.78. The van der Waals surface area contributed by atoms with Crippen molar-refractivity contribution in [2.45, 2.75) is 33.2 Å². The van der Waals surface area contributed by atoms with Crippen molar-refractivity contribution in [2.24, 2.45) is 0 Å². The molecule has 3 heteroatoms. The van der Waals surface area contributed by atoms with Gasteiger partial charge in [0.2, 0.25) is 0 Å². The number of likely N-dealkylation sites (N-methyl/N-ethyl adjacent to an activating group) is 1. The molecule has 18 heavy (non-hydrogen) atoms. The van der Waals surface area contributed by atoms with Crippen molar-refractivity contribution in [2.75, 3.05) is 20.2 Å². The normalized spacial score (nSPS) is 13.2. The van der Waals surface area contributed by atoms with E-state index < -0.39 is 0 Å². The average Bonchev–Trinajstić information content (AvgIpc) is 2.28. The fourth-order valence-electron chi connectivity index (χ4n) is 1.44. The lowest BCUT2D eigenvalue weighted by Gasteiger charge is -2.28. The van der Waals surface area contributed by atoms with Gasteiger partial charge < -0.3 is 9.64 Å². The van der Waals surface area contributed by atoms with E-state index in [1.54, 1.807) is 12.1 Å². The molecule has 0 radical (unpaired) electrons. The zero-order chi connectivity index (χ0) is 13.8. The van der Waals surface area contributed by atoms with Gasteiger partial charge in [-0.25, -0.2) is 4.79 Å². The lowest BCUT2D eigenvalue weighted by molar-refractivity contribution is -0.927. The molecule has 0 saturated heterocycles. The molecular formula is C15H24NO2+. The van der Waals surface area contributed by atoms with Crippen LogP contribution in [0.1, 0.15) is 36.7 Å². The standard InChI is InChI=1S/C15H23NO2/c1-12-6-8-13(9-7-12)14(17)18-11-10-16(5)15(2,3)4/h6-9H,10-11H2,1-5H3/p+1. The first-order valence-electron chi connectivity index (χ1n) is 6.37. The molecule has 0 bridgehead atoms. The van der Waals surface area contributed by atoms with Crippen molar-refractivity contribution >= 4 is 5.97 Å². The number of ether oxygens (including phenoxy) is 1. The number of aryl methyl sites for hydroxylation is 1. The number of nitrogens with one attached hydrogen (secondary N) is 1. The molecule has 1 aromatic carbocycles. The summed E-state index contributed by atoms with van der Waals surface area (Å²) in [6.45, 7) is 9.78. The highest BCUT2D eigenvalue weighted by Gasteiger charge is 2.20. The maximum atomic E-state index is 11.8. The Bertz CT molecular complexity index is 390. The van der Waals surface area contributed by atoms with Crippen LogP contribution in [-0.4, -0.2) is 31.7 Å². The van der Waals surface area contributed by atoms with E-state index in [9.17, 15) is 4.79 Å². The number of quaternary nitrogens is 1. The fraction of sp³-hybridized carbons (Fsp3) is 0.533. The summed E-state index contributed by atoms with van der Waals surface area (Å²) in [6, 6.07) is 7.45. The monoisotopic (exact) mass is 250 g/mol. The number of benzene rings is 1. The van der Waals surface area contributed by atoms with Gasteiger partial charge in [-0.3, -0.25) is 0 Å². The van der Waals surface area contributed by atoms with Gasteiger partial charge in [-0.2, -0.15) is 0 Å². The summed E-state index contributed by atoms with van der Waals surface area (Å²) in [6.07, 6.45) is 0. The number of carbonyl (C=O) groups is 1. The van der Waals surface area contributed by atoms with Crippen LogP contribution in [0.4, 0.5) is 0 Å². The Kier molecular flexibility index (Phi) is 4.91. The zero-order valence-electron chi connectivity index (χ0n) is 12.0. The third-order valence-electron chi connectivity index (χ3n) is 3.28. The SMILES string of the molecule is Cc1ccc(C(=O)OCC[NH+](C)C(C)(C)C)cc1. The van der Waals surface area contributed by atoms with Crippen LogP contribution in [0.25, 0.3) is 0 Å². The predicted octanol–water partition coefficient (Wildman–Crippen LogP) is 1.47. The van der Waals surface area contributed by atoms with Crippen LogP contribution < -0.4 is 4.90 Å². The van der Waals surface area contributed by atoms with E-state index in [1.165, 1.54) is 4.90 Å². The Balaban J connectivity index is 2.40. The summed E-state index contributed by atoms with van der Waals surface area (Å²) in [4.78, 5) is 13.1. The van der Waals surface area contributed by atoms with Crippen molar-refractivity contribution < 1.29 is 14.4 Å². The van der Waals surface area contributed by atoms with Crippen LogP contribution >= 0.6 is 0 Å². The lowest BCUT2D eigenvalue weighted by atomic mass is 10.1. The number of hydrogen-bond acceptors (Lipinski definition) is 2. The minimum absolute atomic E-state index is 0.177. The Morgan fingerprint density at radius 1 is 1.22 bits per heavy atom. The Hall–Kier alpha value is -1.35. The third kappa shape index (κ3) is 4.49. The van der Waals surface area contributed by atoms with Gasteiger partial charge in [-0.15, -0.1) is 0 Å². The van der Waals surface area contributed by atoms with Gasteiger partial charge in [0.15, 0.2) is 0 Å². The maximum absolute atomic E-state index is 11.8. The molecule has 0 aliphatic rings. The molecule has 0 aliphatic carbocycles. The van der Waals surface area contributed by atoms with Gasteiger partial charge in [0.1, 0.15) is 13.2 Å². The molecule has 0 fully saturated rings. The summed E-state index contributed by atoms with van der Waals surface area (Å²) >= 11 is 0. The highest BCUT2D eigenvalue weighted by molar-refractivity contribution is 5.89. The van der Waals surface area contributed by atoms with E-state index >= 15 is 0 Å². The van der Waals surface area contributed by atoms with Crippen LogP contribution in [0.2, 0.25) is 0 Å². The highest BCUT2D eigenvalue weighted by atomic mass is 16.5. The molecule has 0 spiro atoms. The quantitative estimate of drug-likeness (QED) is 0.820. The molecule has 100 valence electrons. The molecule has 1 atom stereocenters. The van der Waals surface area contributed by atoms with E-state index in [2.05, 4.69) is 27.8 Å². The van der Waals surface area contributed by atoms with Crippen LogP contribution in [0.15, 0.2) is 24.3 Å². The molecule has 0 saturated carbocycles. The van der Waals surface area contributed by atoms with Crippen molar-refractivity contribution in [3.8, 4) is 0 Å². The Morgan fingerprint density at radius 3 is 2.28 bits per heavy atom. The Labute approximate surface area is 110 Å². The van der Waals surface area contributed by atoms with E-state index in [-0.39, 0.29) is 11.5 Å². The van der Waals surface area contributed by atoms with Gasteiger partial charge >= 0.3 is 5.97 Å². The van der Waals surface area contributed by atoms with E-state index in [0.717, 1.165) is 12.1 Å². The molecule has 1 unspecified atom stereocenters. The van der Waals surface area contributed by atoms with Crippen molar-refractivity contribution in [1.29, 1.82) is 0 Å². The van der Waals surface area contributed by atoms with Gasteiger partial charge in [0, 0.05) is 0 Å². The number of esters is 1. The van der Waals surface area contributed by atoms with Crippen molar-refractivity contribution in [3.05, 3.63) is 35.4 Å². The first kappa shape index (κ1) is 14.7. The molecule has 0 heterocycles. The topological polar surface area (TPSA) is 30.7 Å².